The van der Waals surface area contributed by atoms with Gasteiger partial charge in [0.1, 0.15) is 5.84 Å². The molecule has 32 heavy (non-hydrogen) atoms. The van der Waals surface area contributed by atoms with Crippen molar-refractivity contribution < 1.29 is 18.4 Å². The number of rotatable bonds is 6. The van der Waals surface area contributed by atoms with Gasteiger partial charge in [0, 0.05) is 30.4 Å². The van der Waals surface area contributed by atoms with Gasteiger partial charge in [0.25, 0.3) is 0 Å². The summed E-state index contributed by atoms with van der Waals surface area (Å²) in [7, 11) is -2.24. The van der Waals surface area contributed by atoms with Crippen LogP contribution in [0.15, 0.2) is 77.7 Å². The highest BCUT2D eigenvalue weighted by Gasteiger charge is 2.15. The quantitative estimate of drug-likeness (QED) is 0.221. The summed E-state index contributed by atoms with van der Waals surface area (Å²) in [6.45, 7) is 0.290. The Bertz CT molecular complexity index is 1240. The molecule has 0 aromatic heterocycles. The van der Waals surface area contributed by atoms with E-state index in [1.54, 1.807) is 73.2 Å². The molecule has 0 bridgehead atoms. The van der Waals surface area contributed by atoms with Crippen LogP contribution in [0.5, 0.6) is 0 Å². The zero-order valence-electron chi connectivity index (χ0n) is 17.2. The second-order valence-corrected chi connectivity index (χ2v) is 8.62. The van der Waals surface area contributed by atoms with E-state index in [1.165, 1.54) is 11.0 Å². The van der Waals surface area contributed by atoms with Crippen molar-refractivity contribution in [3.8, 4) is 11.1 Å². The normalized spacial score (nSPS) is 11.0. The maximum absolute atomic E-state index is 12.6. The van der Waals surface area contributed by atoms with Crippen molar-refractivity contribution in [3.63, 3.8) is 0 Å². The summed E-state index contributed by atoms with van der Waals surface area (Å²) < 4.78 is 23.7. The molecule has 0 radical (unpaired) electrons. The SMILES string of the molecule is CN(Cc1cccc(C(=N)NO)c1)C(=O)Nc1ccc(-c2ccccc2S(N)(=O)=O)cc1. The molecule has 0 atom stereocenters. The highest BCUT2D eigenvalue weighted by Crippen LogP contribution is 2.27. The standard InChI is InChI=1S/C22H23N5O4S/c1-27(14-15-5-4-6-17(13-15)21(23)26-29)22(28)25-18-11-9-16(10-12-18)19-7-2-3-8-20(19)32(24,30)31/h2-13,29H,14H2,1H3,(H2,23,26)(H,25,28)(H2,24,30,31). The number of hydrogen-bond donors (Lipinski definition) is 5. The first-order chi connectivity index (χ1) is 15.2. The predicted molar refractivity (Wildman–Crippen MR) is 122 cm³/mol. The lowest BCUT2D eigenvalue weighted by Crippen LogP contribution is -2.31. The molecule has 0 saturated carbocycles. The molecule has 166 valence electrons. The number of sulfonamides is 1. The zero-order chi connectivity index (χ0) is 23.3. The number of anilines is 1. The van der Waals surface area contributed by atoms with Crippen LogP contribution in [-0.2, 0) is 16.6 Å². The number of amidine groups is 1. The minimum Gasteiger partial charge on any atom is -0.323 e. The second kappa shape index (κ2) is 9.60. The van der Waals surface area contributed by atoms with Crippen molar-refractivity contribution in [2.45, 2.75) is 11.4 Å². The fraction of sp³-hybridized carbons (Fsp3) is 0.0909. The van der Waals surface area contributed by atoms with Crippen LogP contribution >= 0.6 is 0 Å². The van der Waals surface area contributed by atoms with E-state index >= 15 is 0 Å². The lowest BCUT2D eigenvalue weighted by molar-refractivity contribution is 0.220. The minimum absolute atomic E-state index is 0.0308. The molecular weight excluding hydrogens is 430 g/mol. The first-order valence-electron chi connectivity index (χ1n) is 9.51. The van der Waals surface area contributed by atoms with E-state index in [1.807, 2.05) is 6.07 Å². The molecule has 2 amide bonds. The third-order valence-corrected chi connectivity index (χ3v) is 5.70. The number of hydrogen-bond acceptors (Lipinski definition) is 5. The van der Waals surface area contributed by atoms with E-state index in [0.29, 0.717) is 22.4 Å². The number of urea groups is 1. The van der Waals surface area contributed by atoms with E-state index in [-0.39, 0.29) is 23.3 Å². The molecule has 9 nitrogen and oxygen atoms in total. The Hall–Kier alpha value is -3.73. The molecule has 0 saturated heterocycles. The van der Waals surface area contributed by atoms with Gasteiger partial charge in [0.05, 0.1) is 4.90 Å². The maximum atomic E-state index is 12.6. The summed E-state index contributed by atoms with van der Waals surface area (Å²) >= 11 is 0. The molecule has 10 heteroatoms. The molecule has 0 heterocycles. The van der Waals surface area contributed by atoms with Crippen LogP contribution in [0.25, 0.3) is 11.1 Å². The highest BCUT2D eigenvalue weighted by molar-refractivity contribution is 7.89. The van der Waals surface area contributed by atoms with E-state index in [2.05, 4.69) is 5.32 Å². The number of carbonyl (C=O) groups excluding carboxylic acids is 1. The molecule has 3 aromatic rings. The average molecular weight is 454 g/mol. The Labute approximate surface area is 186 Å². The van der Waals surface area contributed by atoms with Crippen molar-refractivity contribution in [1.82, 2.24) is 10.4 Å². The topological polar surface area (TPSA) is 149 Å². The number of nitrogens with zero attached hydrogens (tertiary/aromatic N) is 1. The first-order valence-corrected chi connectivity index (χ1v) is 11.1. The Kier molecular flexibility index (Phi) is 6.89. The molecular formula is C22H23N5O4S. The summed E-state index contributed by atoms with van der Waals surface area (Å²) in [4.78, 5) is 14.1. The van der Waals surface area contributed by atoms with Crippen molar-refractivity contribution in [1.29, 1.82) is 5.41 Å². The van der Waals surface area contributed by atoms with Gasteiger partial charge in [-0.3, -0.25) is 16.1 Å². The van der Waals surface area contributed by atoms with Crippen LogP contribution in [0.2, 0.25) is 0 Å². The Morgan fingerprint density at radius 2 is 1.75 bits per heavy atom. The van der Waals surface area contributed by atoms with Gasteiger partial charge in [-0.2, -0.15) is 0 Å². The number of nitrogens with one attached hydrogen (secondary N) is 3. The summed E-state index contributed by atoms with van der Waals surface area (Å²) in [5.41, 5.74) is 4.75. The first kappa shape index (κ1) is 22.9. The van der Waals surface area contributed by atoms with Crippen LogP contribution < -0.4 is 15.9 Å². The van der Waals surface area contributed by atoms with E-state index < -0.39 is 10.0 Å². The van der Waals surface area contributed by atoms with Crippen LogP contribution in [-0.4, -0.2) is 37.4 Å². The van der Waals surface area contributed by atoms with Crippen molar-refractivity contribution in [2.75, 3.05) is 12.4 Å². The maximum Gasteiger partial charge on any atom is 0.321 e. The smallest absolute Gasteiger partial charge is 0.321 e. The third-order valence-electron chi connectivity index (χ3n) is 4.73. The van der Waals surface area contributed by atoms with Crippen LogP contribution in [0.3, 0.4) is 0 Å². The van der Waals surface area contributed by atoms with Gasteiger partial charge < -0.3 is 10.2 Å². The van der Waals surface area contributed by atoms with Gasteiger partial charge >= 0.3 is 6.03 Å². The largest absolute Gasteiger partial charge is 0.323 e. The molecule has 0 aliphatic carbocycles. The Morgan fingerprint density at radius 3 is 2.41 bits per heavy atom. The molecule has 0 fully saturated rings. The number of benzene rings is 3. The number of carbonyl (C=O) groups is 1. The van der Waals surface area contributed by atoms with E-state index in [4.69, 9.17) is 15.8 Å². The number of hydroxylamine groups is 1. The Morgan fingerprint density at radius 1 is 1.06 bits per heavy atom. The molecule has 3 rings (SSSR count). The third kappa shape index (κ3) is 5.49. The fourth-order valence-corrected chi connectivity index (χ4v) is 3.90. The van der Waals surface area contributed by atoms with Gasteiger partial charge in [-0.1, -0.05) is 48.5 Å². The lowest BCUT2D eigenvalue weighted by Gasteiger charge is -2.19. The van der Waals surface area contributed by atoms with Crippen molar-refractivity contribution in [3.05, 3.63) is 83.9 Å². The molecule has 6 N–H and O–H groups in total. The van der Waals surface area contributed by atoms with Crippen LogP contribution in [0, 0.1) is 5.41 Å². The molecule has 0 aliphatic heterocycles. The van der Waals surface area contributed by atoms with Crippen LogP contribution in [0.4, 0.5) is 10.5 Å². The van der Waals surface area contributed by atoms with Crippen molar-refractivity contribution >= 4 is 27.6 Å². The van der Waals surface area contributed by atoms with Crippen molar-refractivity contribution in [2.24, 2.45) is 5.14 Å². The molecule has 0 aliphatic rings. The second-order valence-electron chi connectivity index (χ2n) is 7.09. The van der Waals surface area contributed by atoms with Gasteiger partial charge in [-0.15, -0.1) is 0 Å². The predicted octanol–water partition coefficient (Wildman–Crippen LogP) is 2.97. The molecule has 3 aromatic carbocycles. The number of nitrogens with two attached hydrogens (primary N) is 1. The summed E-state index contributed by atoms with van der Waals surface area (Å²) in [6.07, 6.45) is 0. The van der Waals surface area contributed by atoms with Crippen LogP contribution in [0.1, 0.15) is 11.1 Å². The highest BCUT2D eigenvalue weighted by atomic mass is 32.2. The summed E-state index contributed by atoms with van der Waals surface area (Å²) in [5, 5.41) is 24.6. The monoisotopic (exact) mass is 453 g/mol. The summed E-state index contributed by atoms with van der Waals surface area (Å²) in [6, 6.07) is 19.8. The number of amides is 2. The fourth-order valence-electron chi connectivity index (χ4n) is 3.14. The minimum atomic E-state index is -3.87. The van der Waals surface area contributed by atoms with Gasteiger partial charge in [-0.25, -0.2) is 18.4 Å². The summed E-state index contributed by atoms with van der Waals surface area (Å²) in [5.74, 6) is -0.136. The van der Waals surface area contributed by atoms with Gasteiger partial charge in [0.2, 0.25) is 10.0 Å². The van der Waals surface area contributed by atoms with Gasteiger partial charge in [-0.05, 0) is 35.4 Å². The molecule has 0 unspecified atom stereocenters. The van der Waals surface area contributed by atoms with Gasteiger partial charge in [0.15, 0.2) is 0 Å². The molecule has 0 spiro atoms. The average Bonchev–Trinajstić information content (AvgIpc) is 2.78. The number of primary sulfonamides is 1. The lowest BCUT2D eigenvalue weighted by atomic mass is 10.1. The van der Waals surface area contributed by atoms with E-state index in [9.17, 15) is 13.2 Å². The zero-order valence-corrected chi connectivity index (χ0v) is 18.1. The van der Waals surface area contributed by atoms with E-state index in [0.717, 1.165) is 5.56 Å². The Balaban J connectivity index is 1.70.